The highest BCUT2D eigenvalue weighted by Gasteiger charge is 1.94. The number of ether oxygens (including phenoxy) is 3. The van der Waals surface area contributed by atoms with Gasteiger partial charge >= 0.3 is 5.97 Å². The highest BCUT2D eigenvalue weighted by atomic mass is 16.6. The van der Waals surface area contributed by atoms with E-state index < -0.39 is 0 Å². The lowest BCUT2D eigenvalue weighted by molar-refractivity contribution is -0.142. The van der Waals surface area contributed by atoms with E-state index in [1.807, 2.05) is 27.7 Å². The molecule has 0 aromatic carbocycles. The quantitative estimate of drug-likeness (QED) is 0.546. The molecule has 0 saturated carbocycles. The Labute approximate surface area is 104 Å². The molecule has 0 aromatic heterocycles. The Kier molecular flexibility index (Phi) is 14.8. The van der Waals surface area contributed by atoms with Crippen LogP contribution in [0.5, 0.6) is 0 Å². The molecule has 0 fully saturated rings. The summed E-state index contributed by atoms with van der Waals surface area (Å²) in [6.07, 6.45) is 0.750. The Balaban J connectivity index is 0. The molecule has 0 aliphatic carbocycles. The average Bonchev–Trinajstić information content (AvgIpc) is 2.15. The fourth-order valence-electron chi connectivity index (χ4n) is 0.955. The molecule has 0 bridgehead atoms. The summed E-state index contributed by atoms with van der Waals surface area (Å²) in [5, 5.41) is 8.24. The van der Waals surface area contributed by atoms with Crippen molar-refractivity contribution < 1.29 is 24.1 Å². The lowest BCUT2D eigenvalue weighted by Gasteiger charge is -2.09. The molecule has 5 nitrogen and oxygen atoms in total. The number of hydrogen-bond acceptors (Lipinski definition) is 5. The van der Waals surface area contributed by atoms with Gasteiger partial charge in [-0.1, -0.05) is 0 Å². The van der Waals surface area contributed by atoms with E-state index >= 15 is 0 Å². The molecule has 17 heavy (non-hydrogen) atoms. The predicted octanol–water partition coefficient (Wildman–Crippen LogP) is 1.38. The Morgan fingerprint density at radius 2 is 1.59 bits per heavy atom. The fraction of sp³-hybridized carbons (Fsp3) is 0.917. The van der Waals surface area contributed by atoms with E-state index in [9.17, 15) is 4.79 Å². The summed E-state index contributed by atoms with van der Waals surface area (Å²) in [5.41, 5.74) is 0. The zero-order chi connectivity index (χ0) is 13.7. The van der Waals surface area contributed by atoms with Crippen molar-refractivity contribution in [2.75, 3.05) is 26.4 Å². The largest absolute Gasteiger partial charge is 0.463 e. The number of rotatable bonds is 7. The SMILES string of the molecule is CC(=O)OCCOCCO.CC(C)OC(C)C. The molecule has 0 aliphatic rings. The normalized spacial score (nSPS) is 10.1. The lowest BCUT2D eigenvalue weighted by Crippen LogP contribution is -2.09. The average molecular weight is 250 g/mol. The molecule has 0 spiro atoms. The van der Waals surface area contributed by atoms with Gasteiger partial charge in [0, 0.05) is 6.92 Å². The second-order valence-electron chi connectivity index (χ2n) is 3.91. The van der Waals surface area contributed by atoms with Crippen LogP contribution in [-0.2, 0) is 19.0 Å². The molecule has 0 aromatic rings. The van der Waals surface area contributed by atoms with Gasteiger partial charge in [-0.25, -0.2) is 0 Å². The standard InChI is InChI=1S/C6H12O4.C6H14O/c1-6(8)10-5-4-9-3-2-7;1-5(2)7-6(3)4/h7H,2-5H2,1H3;5-6H,1-4H3. The van der Waals surface area contributed by atoms with Gasteiger partial charge in [-0.15, -0.1) is 0 Å². The zero-order valence-corrected chi connectivity index (χ0v) is 11.6. The van der Waals surface area contributed by atoms with Gasteiger partial charge in [-0.2, -0.15) is 0 Å². The van der Waals surface area contributed by atoms with E-state index in [4.69, 9.17) is 14.6 Å². The first-order valence-corrected chi connectivity index (χ1v) is 5.87. The van der Waals surface area contributed by atoms with Crippen molar-refractivity contribution in [2.45, 2.75) is 46.8 Å². The van der Waals surface area contributed by atoms with Crippen molar-refractivity contribution in [1.82, 2.24) is 0 Å². The topological polar surface area (TPSA) is 65.0 Å². The van der Waals surface area contributed by atoms with Crippen LogP contribution in [0.2, 0.25) is 0 Å². The van der Waals surface area contributed by atoms with Gasteiger partial charge in [0.25, 0.3) is 0 Å². The number of esters is 1. The molecular formula is C12H26O5. The van der Waals surface area contributed by atoms with Crippen LogP contribution in [-0.4, -0.2) is 49.7 Å². The van der Waals surface area contributed by atoms with Crippen molar-refractivity contribution in [2.24, 2.45) is 0 Å². The van der Waals surface area contributed by atoms with Gasteiger partial charge in [0.1, 0.15) is 6.61 Å². The third kappa shape index (κ3) is 25.5. The fourth-order valence-corrected chi connectivity index (χ4v) is 0.955. The van der Waals surface area contributed by atoms with Crippen LogP contribution in [0.3, 0.4) is 0 Å². The first-order chi connectivity index (χ1) is 7.90. The molecule has 104 valence electrons. The number of carbonyl (C=O) groups excluding carboxylic acids is 1. The van der Waals surface area contributed by atoms with E-state index in [2.05, 4.69) is 4.74 Å². The van der Waals surface area contributed by atoms with Gasteiger partial charge in [0.15, 0.2) is 0 Å². The van der Waals surface area contributed by atoms with Gasteiger partial charge in [-0.05, 0) is 27.7 Å². The summed E-state index contributed by atoms with van der Waals surface area (Å²) < 4.78 is 14.6. The minimum atomic E-state index is -0.312. The molecule has 1 N–H and O–H groups in total. The van der Waals surface area contributed by atoms with Crippen molar-refractivity contribution in [1.29, 1.82) is 0 Å². The van der Waals surface area contributed by atoms with Crippen LogP contribution in [0, 0.1) is 0 Å². The van der Waals surface area contributed by atoms with E-state index in [1.54, 1.807) is 0 Å². The molecular weight excluding hydrogens is 224 g/mol. The van der Waals surface area contributed by atoms with E-state index in [0.29, 0.717) is 25.4 Å². The maximum absolute atomic E-state index is 10.1. The predicted molar refractivity (Wildman–Crippen MR) is 65.9 cm³/mol. The maximum atomic E-state index is 10.1. The maximum Gasteiger partial charge on any atom is 0.302 e. The van der Waals surface area contributed by atoms with Crippen molar-refractivity contribution in [3.8, 4) is 0 Å². The summed E-state index contributed by atoms with van der Waals surface area (Å²) in [4.78, 5) is 10.1. The van der Waals surface area contributed by atoms with Crippen LogP contribution >= 0.6 is 0 Å². The summed E-state index contributed by atoms with van der Waals surface area (Å²) in [6, 6.07) is 0. The monoisotopic (exact) mass is 250 g/mol. The van der Waals surface area contributed by atoms with Gasteiger partial charge in [0.05, 0.1) is 32.0 Å². The summed E-state index contributed by atoms with van der Waals surface area (Å²) in [6.45, 7) is 10.4. The van der Waals surface area contributed by atoms with Crippen molar-refractivity contribution >= 4 is 5.97 Å². The van der Waals surface area contributed by atoms with Crippen LogP contribution in [0.1, 0.15) is 34.6 Å². The number of carbonyl (C=O) groups is 1. The van der Waals surface area contributed by atoms with E-state index in [0.717, 1.165) is 0 Å². The minimum Gasteiger partial charge on any atom is -0.463 e. The van der Waals surface area contributed by atoms with Crippen LogP contribution < -0.4 is 0 Å². The number of aliphatic hydroxyl groups is 1. The van der Waals surface area contributed by atoms with Crippen LogP contribution in [0.25, 0.3) is 0 Å². The Hall–Kier alpha value is -0.650. The number of aliphatic hydroxyl groups excluding tert-OH is 1. The third-order valence-electron chi connectivity index (χ3n) is 1.31. The molecule has 0 saturated heterocycles. The second kappa shape index (κ2) is 13.4. The Bertz CT molecular complexity index is 162. The molecule has 0 amide bonds. The van der Waals surface area contributed by atoms with Crippen LogP contribution in [0.15, 0.2) is 0 Å². The van der Waals surface area contributed by atoms with Gasteiger partial charge in [0.2, 0.25) is 0 Å². The van der Waals surface area contributed by atoms with Gasteiger partial charge in [-0.3, -0.25) is 4.79 Å². The highest BCUT2D eigenvalue weighted by Crippen LogP contribution is 1.93. The Morgan fingerprint density at radius 1 is 1.06 bits per heavy atom. The smallest absolute Gasteiger partial charge is 0.302 e. The minimum absolute atomic E-state index is 0.0000709. The first kappa shape index (κ1) is 18.7. The first-order valence-electron chi connectivity index (χ1n) is 5.87. The molecule has 5 heteroatoms. The van der Waals surface area contributed by atoms with Crippen molar-refractivity contribution in [3.63, 3.8) is 0 Å². The van der Waals surface area contributed by atoms with Gasteiger partial charge < -0.3 is 19.3 Å². The molecule has 0 atom stereocenters. The third-order valence-corrected chi connectivity index (χ3v) is 1.31. The van der Waals surface area contributed by atoms with Crippen molar-refractivity contribution in [3.05, 3.63) is 0 Å². The summed E-state index contributed by atoms with van der Waals surface area (Å²) in [5.74, 6) is -0.312. The molecule has 0 unspecified atom stereocenters. The number of hydrogen-bond donors (Lipinski definition) is 1. The van der Waals surface area contributed by atoms with E-state index in [1.165, 1.54) is 6.92 Å². The molecule has 0 rings (SSSR count). The second-order valence-corrected chi connectivity index (χ2v) is 3.91. The molecule has 0 aliphatic heterocycles. The lowest BCUT2D eigenvalue weighted by atomic mass is 10.4. The zero-order valence-electron chi connectivity index (χ0n) is 11.6. The summed E-state index contributed by atoms with van der Waals surface area (Å²) >= 11 is 0. The Morgan fingerprint density at radius 3 is 1.88 bits per heavy atom. The van der Waals surface area contributed by atoms with E-state index in [-0.39, 0.29) is 19.2 Å². The van der Waals surface area contributed by atoms with Crippen LogP contribution in [0.4, 0.5) is 0 Å². The highest BCUT2D eigenvalue weighted by molar-refractivity contribution is 5.65. The molecule has 0 heterocycles. The molecule has 0 radical (unpaired) electrons. The summed E-state index contributed by atoms with van der Waals surface area (Å²) in [7, 11) is 0.